The highest BCUT2D eigenvalue weighted by Gasteiger charge is 2.25. The molecule has 1 aromatic rings. The van der Waals surface area contributed by atoms with Crippen LogP contribution in [0.3, 0.4) is 0 Å². The maximum absolute atomic E-state index is 13.2. The minimum absolute atomic E-state index is 0.121. The number of halogens is 2. The quantitative estimate of drug-likeness (QED) is 0.632. The molecule has 1 rings (SSSR count). The van der Waals surface area contributed by atoms with Crippen molar-refractivity contribution in [3.8, 4) is 0 Å². The van der Waals surface area contributed by atoms with Crippen LogP contribution in [0, 0.1) is 5.82 Å². The third kappa shape index (κ3) is 4.26. The second-order valence-corrected chi connectivity index (χ2v) is 5.81. The molecule has 0 aliphatic heterocycles. The third-order valence-electron chi connectivity index (χ3n) is 3.06. The maximum Gasteiger partial charge on any atom is 0.135 e. The van der Waals surface area contributed by atoms with Crippen molar-refractivity contribution in [2.24, 2.45) is 0 Å². The fourth-order valence-electron chi connectivity index (χ4n) is 1.59. The van der Waals surface area contributed by atoms with E-state index in [9.17, 15) is 4.39 Å². The molecule has 17 heavy (non-hydrogen) atoms. The lowest BCUT2D eigenvalue weighted by atomic mass is 10.0. The van der Waals surface area contributed by atoms with E-state index in [0.29, 0.717) is 4.48 Å². The molecule has 0 spiro atoms. The van der Waals surface area contributed by atoms with Crippen LogP contribution in [-0.4, -0.2) is 26.2 Å². The van der Waals surface area contributed by atoms with Crippen molar-refractivity contribution in [1.29, 1.82) is 0 Å². The Kier molecular flexibility index (Phi) is 4.53. The summed E-state index contributed by atoms with van der Waals surface area (Å²) in [5.41, 5.74) is 0.847. The van der Waals surface area contributed by atoms with Crippen LogP contribution < -0.4 is 9.32 Å². The Balaban J connectivity index is 2.75. The Bertz CT molecular complexity index is 377. The molecular weight excluding hydrogens is 239 g/mol. The largest absolute Gasteiger partial charge is 0.296 e. The number of hydrogen-bond acceptors (Lipinski definition) is 1. The van der Waals surface area contributed by atoms with Crippen LogP contribution in [0.2, 0.25) is 0 Å². The van der Waals surface area contributed by atoms with Gasteiger partial charge in [-0.3, -0.25) is 4.48 Å². The Morgan fingerprint density at radius 1 is 1.35 bits per heavy atom. The molecule has 96 valence electrons. The van der Waals surface area contributed by atoms with Crippen molar-refractivity contribution >= 4 is 17.5 Å². The summed E-state index contributed by atoms with van der Waals surface area (Å²) >= 11 is 5.68. The standard InChI is InChI=1S/C13H21ClFN2/c1-13(2,16-14)8-9-17(3,4)12-7-5-6-11(15)10-12/h5-7,10,16H,8-9H2,1-4H3/q+1. The lowest BCUT2D eigenvalue weighted by molar-refractivity contribution is 0.326. The summed E-state index contributed by atoms with van der Waals surface area (Å²) in [6.45, 7) is 4.98. The van der Waals surface area contributed by atoms with Gasteiger partial charge in [0.15, 0.2) is 0 Å². The number of nitrogens with one attached hydrogen (secondary N) is 1. The van der Waals surface area contributed by atoms with Crippen molar-refractivity contribution in [3.05, 3.63) is 30.1 Å². The van der Waals surface area contributed by atoms with E-state index < -0.39 is 0 Å². The van der Waals surface area contributed by atoms with Crippen LogP contribution >= 0.6 is 11.8 Å². The van der Waals surface area contributed by atoms with Crippen molar-refractivity contribution in [3.63, 3.8) is 0 Å². The zero-order chi connectivity index (χ0) is 13.1. The highest BCUT2D eigenvalue weighted by molar-refractivity contribution is 6.13. The van der Waals surface area contributed by atoms with Crippen LogP contribution in [-0.2, 0) is 0 Å². The first-order valence-corrected chi connectivity index (χ1v) is 6.12. The monoisotopic (exact) mass is 259 g/mol. The van der Waals surface area contributed by atoms with Crippen LogP contribution in [0.25, 0.3) is 0 Å². The van der Waals surface area contributed by atoms with Crippen LogP contribution in [0.4, 0.5) is 10.1 Å². The molecule has 0 radical (unpaired) electrons. The lowest BCUT2D eigenvalue weighted by Gasteiger charge is -2.33. The minimum Gasteiger partial charge on any atom is -0.296 e. The summed E-state index contributed by atoms with van der Waals surface area (Å²) in [7, 11) is 4.14. The lowest BCUT2D eigenvalue weighted by Crippen LogP contribution is -2.46. The fraction of sp³-hybridized carbons (Fsp3) is 0.538. The first-order valence-electron chi connectivity index (χ1n) is 5.74. The van der Waals surface area contributed by atoms with Gasteiger partial charge in [-0.15, -0.1) is 0 Å². The number of quaternary nitrogens is 1. The summed E-state index contributed by atoms with van der Waals surface area (Å²) < 4.78 is 13.8. The highest BCUT2D eigenvalue weighted by Crippen LogP contribution is 2.22. The maximum atomic E-state index is 13.2. The number of nitrogens with zero attached hydrogens (tertiary/aromatic N) is 1. The van der Waals surface area contributed by atoms with E-state index in [1.54, 1.807) is 12.1 Å². The van der Waals surface area contributed by atoms with Crippen LogP contribution in [0.5, 0.6) is 0 Å². The van der Waals surface area contributed by atoms with E-state index >= 15 is 0 Å². The molecule has 1 aromatic carbocycles. The molecule has 0 atom stereocenters. The summed E-state index contributed by atoms with van der Waals surface area (Å²) in [4.78, 5) is 2.76. The average molecular weight is 260 g/mol. The minimum atomic E-state index is -0.191. The number of benzene rings is 1. The topological polar surface area (TPSA) is 12.0 Å². The molecule has 0 fully saturated rings. The molecule has 1 N–H and O–H groups in total. The fourth-order valence-corrected chi connectivity index (χ4v) is 1.68. The van der Waals surface area contributed by atoms with Crippen molar-refractivity contribution < 1.29 is 4.39 Å². The molecule has 0 aromatic heterocycles. The van der Waals surface area contributed by atoms with Gasteiger partial charge in [-0.2, -0.15) is 0 Å². The smallest absolute Gasteiger partial charge is 0.135 e. The van der Waals surface area contributed by atoms with Crippen LogP contribution in [0.15, 0.2) is 24.3 Å². The Labute approximate surface area is 108 Å². The van der Waals surface area contributed by atoms with Gasteiger partial charge >= 0.3 is 0 Å². The van der Waals surface area contributed by atoms with Gasteiger partial charge in [0.2, 0.25) is 0 Å². The first kappa shape index (κ1) is 14.4. The predicted octanol–water partition coefficient (Wildman–Crippen LogP) is 3.30. The number of rotatable bonds is 5. The van der Waals surface area contributed by atoms with Crippen LogP contribution in [0.1, 0.15) is 20.3 Å². The SMILES string of the molecule is CC(C)(CC[N+](C)(C)c1cccc(F)c1)NCl. The molecule has 2 nitrogen and oxygen atoms in total. The molecule has 0 aliphatic carbocycles. The zero-order valence-electron chi connectivity index (χ0n) is 10.9. The van der Waals surface area contributed by atoms with Gasteiger partial charge in [-0.25, -0.2) is 9.23 Å². The van der Waals surface area contributed by atoms with Gasteiger partial charge in [0.1, 0.15) is 11.5 Å². The van der Waals surface area contributed by atoms with Crippen molar-refractivity contribution in [1.82, 2.24) is 9.32 Å². The van der Waals surface area contributed by atoms with E-state index in [1.165, 1.54) is 6.07 Å². The summed E-state index contributed by atoms with van der Waals surface area (Å²) in [5, 5.41) is 0. The van der Waals surface area contributed by atoms with Gasteiger partial charge < -0.3 is 0 Å². The molecular formula is C13H21ClFN2+. The summed E-state index contributed by atoms with van der Waals surface area (Å²) in [5.74, 6) is -0.191. The number of hydrogen-bond donors (Lipinski definition) is 1. The third-order valence-corrected chi connectivity index (χ3v) is 3.57. The molecule has 0 unspecified atom stereocenters. The molecule has 0 saturated carbocycles. The van der Waals surface area contributed by atoms with Gasteiger partial charge in [-0.05, 0) is 37.8 Å². The highest BCUT2D eigenvalue weighted by atomic mass is 35.5. The normalized spacial score (nSPS) is 12.8. The van der Waals surface area contributed by atoms with Crippen molar-refractivity contribution in [2.75, 3.05) is 20.6 Å². The van der Waals surface area contributed by atoms with Gasteiger partial charge in [0.05, 0.1) is 20.6 Å². The second-order valence-electron chi connectivity index (χ2n) is 5.62. The Morgan fingerprint density at radius 2 is 2.00 bits per heavy atom. The molecule has 0 heterocycles. The van der Waals surface area contributed by atoms with E-state index in [4.69, 9.17) is 11.8 Å². The average Bonchev–Trinajstić information content (AvgIpc) is 2.27. The Hall–Kier alpha value is -0.640. The summed E-state index contributed by atoms with van der Waals surface area (Å²) in [6, 6.07) is 6.74. The van der Waals surface area contributed by atoms with E-state index in [-0.39, 0.29) is 11.4 Å². The van der Waals surface area contributed by atoms with Crippen molar-refractivity contribution in [2.45, 2.75) is 25.8 Å². The molecule has 0 saturated heterocycles. The zero-order valence-corrected chi connectivity index (χ0v) is 11.7. The van der Waals surface area contributed by atoms with E-state index in [1.807, 2.05) is 19.9 Å². The molecule has 0 aliphatic rings. The predicted molar refractivity (Wildman–Crippen MR) is 72.6 cm³/mol. The molecule has 4 heteroatoms. The second kappa shape index (κ2) is 5.34. The van der Waals surface area contributed by atoms with E-state index in [0.717, 1.165) is 18.7 Å². The van der Waals surface area contributed by atoms with Gasteiger partial charge in [-0.1, -0.05) is 6.07 Å². The molecule has 0 bridgehead atoms. The van der Waals surface area contributed by atoms with Gasteiger partial charge in [0, 0.05) is 18.0 Å². The van der Waals surface area contributed by atoms with Gasteiger partial charge in [0.25, 0.3) is 0 Å². The summed E-state index contributed by atoms with van der Waals surface area (Å²) in [6.07, 6.45) is 0.903. The van der Waals surface area contributed by atoms with E-state index in [2.05, 4.69) is 18.9 Å². The molecule has 0 amide bonds. The first-order chi connectivity index (χ1) is 7.77. The Morgan fingerprint density at radius 3 is 2.53 bits per heavy atom.